The van der Waals surface area contributed by atoms with Crippen LogP contribution in [0.3, 0.4) is 0 Å². The zero-order valence-electron chi connectivity index (χ0n) is 43.3. The lowest BCUT2D eigenvalue weighted by Gasteiger charge is -2.32. The molecule has 0 unspecified atom stereocenters. The summed E-state index contributed by atoms with van der Waals surface area (Å²) in [7, 11) is 8.84. The lowest BCUT2D eigenvalue weighted by molar-refractivity contribution is -0.159. The maximum absolute atomic E-state index is 9.10. The molecular formula is C52H80N4O18. The van der Waals surface area contributed by atoms with Crippen molar-refractivity contribution in [2.24, 2.45) is 0 Å². The minimum Gasteiger partial charge on any atom is -0.494 e. The molecule has 0 atom stereocenters. The van der Waals surface area contributed by atoms with E-state index in [4.69, 9.17) is 88.7 Å². The van der Waals surface area contributed by atoms with E-state index in [1.54, 1.807) is 0 Å². The zero-order chi connectivity index (χ0) is 55.6. The molecule has 0 spiro atoms. The standard InChI is InChI=1S/2C22H36N2O.4C2H2O4/c2*1-23(2)21-11-7-19(8-12-21)20-9-13-22(14-10-20)25-18-6-17-24-15-4-3-5-16-24;4*3-1(4)2(5)6/h2*9-10,13-14,19,21H,3-8,11-12,15-18H2,1-2H3;4*(H,3,4)(H,5,6). The van der Waals surface area contributed by atoms with Crippen molar-refractivity contribution in [1.29, 1.82) is 0 Å². The minimum absolute atomic E-state index is 0.740. The number of aliphatic carboxylic acids is 8. The van der Waals surface area contributed by atoms with E-state index >= 15 is 0 Å². The Morgan fingerprint density at radius 3 is 0.865 bits per heavy atom. The van der Waals surface area contributed by atoms with E-state index in [1.807, 2.05) is 0 Å². The summed E-state index contributed by atoms with van der Waals surface area (Å²) >= 11 is 0. The molecular weight excluding hydrogens is 969 g/mol. The number of carbonyl (C=O) groups is 8. The second-order valence-corrected chi connectivity index (χ2v) is 18.7. The van der Waals surface area contributed by atoms with Gasteiger partial charge in [0.05, 0.1) is 13.2 Å². The summed E-state index contributed by atoms with van der Waals surface area (Å²) in [5.41, 5.74) is 3.00. The molecule has 2 aliphatic heterocycles. The van der Waals surface area contributed by atoms with Crippen LogP contribution in [0, 0.1) is 0 Å². The summed E-state index contributed by atoms with van der Waals surface area (Å²) in [6, 6.07) is 19.4. The highest BCUT2D eigenvalue weighted by molar-refractivity contribution is 6.28. The van der Waals surface area contributed by atoms with E-state index in [0.717, 1.165) is 61.5 Å². The van der Waals surface area contributed by atoms with Gasteiger partial charge in [-0.2, -0.15) is 0 Å². The molecule has 416 valence electrons. The molecule has 8 N–H and O–H groups in total. The van der Waals surface area contributed by atoms with E-state index in [9.17, 15) is 0 Å². The summed E-state index contributed by atoms with van der Waals surface area (Å²) in [4.78, 5) is 82.7. The summed E-state index contributed by atoms with van der Waals surface area (Å²) in [6.45, 7) is 9.18. The Bertz CT molecular complexity index is 1730. The van der Waals surface area contributed by atoms with Gasteiger partial charge in [-0.05, 0) is 191 Å². The Kier molecular flexibility index (Phi) is 33.2. The molecule has 4 fully saturated rings. The lowest BCUT2D eigenvalue weighted by atomic mass is 9.81. The Morgan fingerprint density at radius 2 is 0.649 bits per heavy atom. The fourth-order valence-corrected chi connectivity index (χ4v) is 8.85. The van der Waals surface area contributed by atoms with Gasteiger partial charge in [-0.3, -0.25) is 0 Å². The highest BCUT2D eigenvalue weighted by Crippen LogP contribution is 2.36. The van der Waals surface area contributed by atoms with Gasteiger partial charge in [-0.25, -0.2) is 38.4 Å². The third-order valence-electron chi connectivity index (χ3n) is 13.0. The number of ether oxygens (including phenoxy) is 2. The molecule has 0 bridgehead atoms. The molecule has 4 aliphatic rings. The quantitative estimate of drug-likeness (QED) is 0.0833. The number of nitrogens with zero attached hydrogens (tertiary/aromatic N) is 4. The van der Waals surface area contributed by atoms with Gasteiger partial charge in [0.1, 0.15) is 11.5 Å². The lowest BCUT2D eigenvalue weighted by Crippen LogP contribution is -2.31. The summed E-state index contributed by atoms with van der Waals surface area (Å²) < 4.78 is 11.9. The van der Waals surface area contributed by atoms with Crippen molar-refractivity contribution < 1.29 is 88.7 Å². The number of carboxylic acid groups (broad SMARTS) is 8. The molecule has 2 aliphatic carbocycles. The first-order chi connectivity index (χ1) is 35.0. The molecule has 2 aromatic carbocycles. The van der Waals surface area contributed by atoms with E-state index in [-0.39, 0.29) is 0 Å². The molecule has 6 rings (SSSR count). The molecule has 2 saturated heterocycles. The SMILES string of the molecule is CN(C)C1CCC(c2ccc(OCCCN3CCCCC3)cc2)CC1.CN(C)C1CCC(c2ccc(OCCCN3CCCCC3)cc2)CC1.O=C(O)C(=O)O.O=C(O)C(=O)O.O=C(O)C(=O)O.O=C(O)C(=O)O. The number of carboxylic acids is 8. The number of hydrogen-bond donors (Lipinski definition) is 8. The van der Waals surface area contributed by atoms with Gasteiger partial charge in [0.15, 0.2) is 0 Å². The molecule has 74 heavy (non-hydrogen) atoms. The van der Waals surface area contributed by atoms with Crippen molar-refractivity contribution >= 4 is 47.8 Å². The van der Waals surface area contributed by atoms with Crippen LogP contribution in [0.5, 0.6) is 11.5 Å². The van der Waals surface area contributed by atoms with Gasteiger partial charge in [-0.1, -0.05) is 37.1 Å². The third-order valence-corrected chi connectivity index (χ3v) is 13.0. The highest BCUT2D eigenvalue weighted by atomic mass is 16.5. The van der Waals surface area contributed by atoms with Crippen LogP contribution >= 0.6 is 0 Å². The predicted octanol–water partition coefficient (Wildman–Crippen LogP) is 5.68. The number of hydrogen-bond acceptors (Lipinski definition) is 14. The average molecular weight is 1050 g/mol. The predicted molar refractivity (Wildman–Crippen MR) is 272 cm³/mol. The number of piperidine rings is 2. The molecule has 2 saturated carbocycles. The van der Waals surface area contributed by atoms with Gasteiger partial charge < -0.3 is 69.9 Å². The number of benzene rings is 2. The van der Waals surface area contributed by atoms with Gasteiger partial charge in [-0.15, -0.1) is 0 Å². The van der Waals surface area contributed by atoms with Gasteiger partial charge in [0, 0.05) is 25.2 Å². The van der Waals surface area contributed by atoms with Crippen molar-refractivity contribution in [1.82, 2.24) is 19.6 Å². The van der Waals surface area contributed by atoms with Gasteiger partial charge in [0.2, 0.25) is 0 Å². The summed E-state index contributed by atoms with van der Waals surface area (Å²) in [6.07, 6.45) is 21.2. The van der Waals surface area contributed by atoms with Crippen LogP contribution in [-0.2, 0) is 38.4 Å². The van der Waals surface area contributed by atoms with Crippen LogP contribution in [0.4, 0.5) is 0 Å². The smallest absolute Gasteiger partial charge is 0.414 e. The Morgan fingerprint density at radius 1 is 0.405 bits per heavy atom. The van der Waals surface area contributed by atoms with Crippen LogP contribution in [-0.4, -0.2) is 201 Å². The van der Waals surface area contributed by atoms with E-state index < -0.39 is 47.8 Å². The Balaban J connectivity index is 0.000000517. The van der Waals surface area contributed by atoms with Crippen molar-refractivity contribution in [3.05, 3.63) is 59.7 Å². The van der Waals surface area contributed by atoms with E-state index in [0.29, 0.717) is 0 Å². The second kappa shape index (κ2) is 37.4. The van der Waals surface area contributed by atoms with Gasteiger partial charge in [0.25, 0.3) is 0 Å². The van der Waals surface area contributed by atoms with Crippen molar-refractivity contribution in [2.75, 3.05) is 80.7 Å². The first-order valence-corrected chi connectivity index (χ1v) is 25.1. The van der Waals surface area contributed by atoms with Crippen LogP contribution in [0.2, 0.25) is 0 Å². The first-order valence-electron chi connectivity index (χ1n) is 25.1. The molecule has 22 nitrogen and oxygen atoms in total. The fraction of sp³-hybridized carbons (Fsp3) is 0.615. The molecule has 0 aromatic heterocycles. The molecule has 0 amide bonds. The minimum atomic E-state index is -1.82. The molecule has 0 radical (unpaired) electrons. The average Bonchev–Trinajstić information content (AvgIpc) is 3.38. The van der Waals surface area contributed by atoms with Crippen LogP contribution < -0.4 is 9.47 Å². The zero-order valence-corrected chi connectivity index (χ0v) is 43.3. The first kappa shape index (κ1) is 65.7. The topological polar surface area (TPSA) is 330 Å². The number of rotatable bonds is 14. The maximum atomic E-state index is 9.10. The maximum Gasteiger partial charge on any atom is 0.414 e. The molecule has 22 heteroatoms. The largest absolute Gasteiger partial charge is 0.494 e. The third kappa shape index (κ3) is 30.0. The molecule has 2 heterocycles. The van der Waals surface area contributed by atoms with Crippen LogP contribution in [0.15, 0.2) is 48.5 Å². The second-order valence-electron chi connectivity index (χ2n) is 18.7. The number of likely N-dealkylation sites (tertiary alicyclic amines) is 2. The fourth-order valence-electron chi connectivity index (χ4n) is 8.85. The van der Waals surface area contributed by atoms with Crippen molar-refractivity contribution in [3.63, 3.8) is 0 Å². The van der Waals surface area contributed by atoms with E-state index in [2.05, 4.69) is 96.3 Å². The van der Waals surface area contributed by atoms with E-state index in [1.165, 1.54) is 140 Å². The summed E-state index contributed by atoms with van der Waals surface area (Å²) in [5.74, 6) is -11.0. The van der Waals surface area contributed by atoms with Crippen molar-refractivity contribution in [2.45, 2.75) is 127 Å². The molecule has 2 aromatic rings. The monoisotopic (exact) mass is 1050 g/mol. The van der Waals surface area contributed by atoms with Gasteiger partial charge >= 0.3 is 47.8 Å². The highest BCUT2D eigenvalue weighted by Gasteiger charge is 2.25. The van der Waals surface area contributed by atoms with Crippen LogP contribution in [0.25, 0.3) is 0 Å². The Labute approximate surface area is 433 Å². The summed E-state index contributed by atoms with van der Waals surface area (Å²) in [5, 5.41) is 59.1. The van der Waals surface area contributed by atoms with Crippen LogP contribution in [0.1, 0.15) is 126 Å². The Hall–Kier alpha value is -6.36. The normalized spacial score (nSPS) is 19.4. The van der Waals surface area contributed by atoms with Crippen molar-refractivity contribution in [3.8, 4) is 11.5 Å².